The average Bonchev–Trinajstić information content (AvgIpc) is 3.10. The van der Waals surface area contributed by atoms with Gasteiger partial charge in [-0.05, 0) is 31.5 Å². The number of alkyl halides is 2. The van der Waals surface area contributed by atoms with Gasteiger partial charge in [0.25, 0.3) is 11.8 Å². The first kappa shape index (κ1) is 17.6. The van der Waals surface area contributed by atoms with Crippen LogP contribution < -0.4 is 5.32 Å². The van der Waals surface area contributed by atoms with Crippen molar-refractivity contribution in [1.82, 2.24) is 25.0 Å². The molecule has 1 aliphatic carbocycles. The van der Waals surface area contributed by atoms with E-state index in [2.05, 4.69) is 15.4 Å². The number of amides is 2. The van der Waals surface area contributed by atoms with E-state index >= 15 is 0 Å². The van der Waals surface area contributed by atoms with Gasteiger partial charge in [-0.1, -0.05) is 0 Å². The normalized spacial score (nSPS) is 24.0. The lowest BCUT2D eigenvalue weighted by Gasteiger charge is -2.22. The molecule has 4 rings (SSSR count). The average molecular weight is 375 g/mol. The Morgan fingerprint density at radius 2 is 2.11 bits per heavy atom. The van der Waals surface area contributed by atoms with E-state index in [0.29, 0.717) is 24.3 Å². The molecule has 7 nitrogen and oxygen atoms in total. The molecular formula is C18H19F2N5O2. The SMILES string of the molecule is C[C@@H](NC(=O)c1ccc(-n2cccn2)nc1)C(=O)N1CC[C@@]2(C1)CC2(F)F. The minimum Gasteiger partial charge on any atom is -0.340 e. The molecule has 0 bridgehead atoms. The van der Waals surface area contributed by atoms with Crippen LogP contribution in [0.25, 0.3) is 5.82 Å². The Labute approximate surface area is 154 Å². The Morgan fingerprint density at radius 3 is 2.67 bits per heavy atom. The number of hydrogen-bond acceptors (Lipinski definition) is 4. The van der Waals surface area contributed by atoms with E-state index in [-0.39, 0.29) is 18.9 Å². The predicted molar refractivity (Wildman–Crippen MR) is 91.5 cm³/mol. The summed E-state index contributed by atoms with van der Waals surface area (Å²) in [4.78, 5) is 30.4. The Morgan fingerprint density at radius 1 is 1.33 bits per heavy atom. The van der Waals surface area contributed by atoms with Gasteiger partial charge in [0.05, 0.1) is 11.0 Å². The van der Waals surface area contributed by atoms with Gasteiger partial charge in [0.15, 0.2) is 5.82 Å². The van der Waals surface area contributed by atoms with Crippen molar-refractivity contribution in [3.05, 3.63) is 42.4 Å². The second-order valence-corrected chi connectivity index (χ2v) is 7.22. The zero-order valence-electron chi connectivity index (χ0n) is 14.7. The highest BCUT2D eigenvalue weighted by Gasteiger charge is 2.73. The smallest absolute Gasteiger partial charge is 0.256 e. The van der Waals surface area contributed by atoms with Gasteiger partial charge >= 0.3 is 0 Å². The first-order chi connectivity index (χ1) is 12.8. The molecule has 2 fully saturated rings. The number of halogens is 2. The highest BCUT2D eigenvalue weighted by atomic mass is 19.3. The Kier molecular flexibility index (Phi) is 3.97. The molecule has 1 saturated carbocycles. The second-order valence-electron chi connectivity index (χ2n) is 7.22. The first-order valence-electron chi connectivity index (χ1n) is 8.75. The number of likely N-dealkylation sites (tertiary alicyclic amines) is 1. The molecule has 27 heavy (non-hydrogen) atoms. The van der Waals surface area contributed by atoms with Crippen molar-refractivity contribution < 1.29 is 18.4 Å². The van der Waals surface area contributed by atoms with Gasteiger partial charge in [0.1, 0.15) is 6.04 Å². The van der Waals surface area contributed by atoms with Crippen LogP contribution in [0.4, 0.5) is 8.78 Å². The summed E-state index contributed by atoms with van der Waals surface area (Å²) in [7, 11) is 0. The third-order valence-corrected chi connectivity index (χ3v) is 5.34. The van der Waals surface area contributed by atoms with Gasteiger partial charge < -0.3 is 10.2 Å². The van der Waals surface area contributed by atoms with Crippen LogP contribution in [0.5, 0.6) is 0 Å². The summed E-state index contributed by atoms with van der Waals surface area (Å²) in [5.41, 5.74) is -0.740. The maximum atomic E-state index is 13.5. The van der Waals surface area contributed by atoms with Gasteiger partial charge in [0.2, 0.25) is 5.91 Å². The zero-order chi connectivity index (χ0) is 19.2. The number of hydrogen-bond donors (Lipinski definition) is 1. The molecular weight excluding hydrogens is 356 g/mol. The van der Waals surface area contributed by atoms with Crippen LogP contribution in [0.3, 0.4) is 0 Å². The first-order valence-corrected chi connectivity index (χ1v) is 8.75. The highest BCUT2D eigenvalue weighted by molar-refractivity contribution is 5.97. The zero-order valence-corrected chi connectivity index (χ0v) is 14.7. The van der Waals surface area contributed by atoms with Crippen molar-refractivity contribution in [2.45, 2.75) is 31.7 Å². The number of aromatic nitrogens is 3. The van der Waals surface area contributed by atoms with Crippen LogP contribution in [-0.2, 0) is 4.79 Å². The van der Waals surface area contributed by atoms with Crippen LogP contribution in [0, 0.1) is 5.41 Å². The summed E-state index contributed by atoms with van der Waals surface area (Å²) in [6.07, 6.45) is 4.91. The van der Waals surface area contributed by atoms with Crippen LogP contribution in [-0.4, -0.2) is 56.5 Å². The molecule has 1 spiro atoms. The van der Waals surface area contributed by atoms with Gasteiger partial charge in [-0.25, -0.2) is 18.4 Å². The summed E-state index contributed by atoms with van der Waals surface area (Å²) in [5, 5.41) is 6.67. The van der Waals surface area contributed by atoms with Gasteiger partial charge in [0, 0.05) is 38.1 Å². The molecule has 1 aliphatic heterocycles. The van der Waals surface area contributed by atoms with Crippen molar-refractivity contribution in [2.75, 3.05) is 13.1 Å². The molecule has 3 heterocycles. The molecule has 2 aromatic rings. The molecule has 0 unspecified atom stereocenters. The predicted octanol–water partition coefficient (Wildman–Crippen LogP) is 1.64. The number of carbonyl (C=O) groups excluding carboxylic acids is 2. The summed E-state index contributed by atoms with van der Waals surface area (Å²) >= 11 is 0. The number of pyridine rings is 1. The third kappa shape index (κ3) is 3.07. The number of nitrogens with one attached hydrogen (secondary N) is 1. The van der Waals surface area contributed by atoms with Crippen molar-refractivity contribution >= 4 is 11.8 Å². The molecule has 2 atom stereocenters. The Bertz CT molecular complexity index is 868. The lowest BCUT2D eigenvalue weighted by molar-refractivity contribution is -0.132. The lowest BCUT2D eigenvalue weighted by Crippen LogP contribution is -2.46. The molecule has 0 aromatic carbocycles. The molecule has 9 heteroatoms. The number of nitrogens with zero attached hydrogens (tertiary/aromatic N) is 4. The number of rotatable bonds is 4. The van der Waals surface area contributed by atoms with E-state index in [1.807, 2.05) is 0 Å². The fraction of sp³-hybridized carbons (Fsp3) is 0.444. The lowest BCUT2D eigenvalue weighted by atomic mass is 10.1. The largest absolute Gasteiger partial charge is 0.340 e. The molecule has 1 N–H and O–H groups in total. The standard InChI is InChI=1S/C18H19F2N5O2/c1-12(16(27)24-8-5-17(11-24)10-18(17,19)20)23-15(26)13-3-4-14(21-9-13)25-7-2-6-22-25/h2-4,6-7,9,12H,5,8,10-11H2,1H3,(H,23,26)/t12-,17+/m1/s1. The molecule has 0 radical (unpaired) electrons. The van der Waals surface area contributed by atoms with Crippen molar-refractivity contribution in [2.24, 2.45) is 5.41 Å². The third-order valence-electron chi connectivity index (χ3n) is 5.34. The highest BCUT2D eigenvalue weighted by Crippen LogP contribution is 2.65. The quantitative estimate of drug-likeness (QED) is 0.881. The molecule has 1 saturated heterocycles. The monoisotopic (exact) mass is 375 g/mol. The van der Waals surface area contributed by atoms with Crippen LogP contribution in [0.15, 0.2) is 36.8 Å². The van der Waals surface area contributed by atoms with E-state index in [1.165, 1.54) is 11.1 Å². The molecule has 2 amide bonds. The maximum absolute atomic E-state index is 13.5. The Hall–Kier alpha value is -2.84. The van der Waals surface area contributed by atoms with Crippen LogP contribution in [0.1, 0.15) is 30.1 Å². The van der Waals surface area contributed by atoms with E-state index < -0.39 is 23.3 Å². The van der Waals surface area contributed by atoms with Crippen LogP contribution in [0.2, 0.25) is 0 Å². The Balaban J connectivity index is 1.36. The maximum Gasteiger partial charge on any atom is 0.256 e. The van der Waals surface area contributed by atoms with E-state index in [0.717, 1.165) is 0 Å². The van der Waals surface area contributed by atoms with Crippen molar-refractivity contribution in [3.63, 3.8) is 0 Å². The fourth-order valence-electron chi connectivity index (χ4n) is 3.56. The summed E-state index contributed by atoms with van der Waals surface area (Å²) in [6, 6.07) is 4.20. The number of carbonyl (C=O) groups is 2. The van der Waals surface area contributed by atoms with E-state index in [9.17, 15) is 18.4 Å². The second kappa shape index (κ2) is 6.11. The van der Waals surface area contributed by atoms with Crippen molar-refractivity contribution in [3.8, 4) is 5.82 Å². The molecule has 142 valence electrons. The summed E-state index contributed by atoms with van der Waals surface area (Å²) in [5.74, 6) is -2.89. The van der Waals surface area contributed by atoms with Crippen LogP contribution >= 0.6 is 0 Å². The minimum absolute atomic E-state index is 0.0547. The topological polar surface area (TPSA) is 80.1 Å². The molecule has 2 aromatic heterocycles. The summed E-state index contributed by atoms with van der Waals surface area (Å²) in [6.45, 7) is 1.91. The van der Waals surface area contributed by atoms with Gasteiger partial charge in [-0.15, -0.1) is 0 Å². The minimum atomic E-state index is -2.67. The fourth-order valence-corrected chi connectivity index (χ4v) is 3.56. The van der Waals surface area contributed by atoms with Gasteiger partial charge in [-0.3, -0.25) is 9.59 Å². The molecule has 2 aliphatic rings. The van der Waals surface area contributed by atoms with Gasteiger partial charge in [-0.2, -0.15) is 5.10 Å². The van der Waals surface area contributed by atoms with Crippen molar-refractivity contribution in [1.29, 1.82) is 0 Å². The van der Waals surface area contributed by atoms with E-state index in [1.54, 1.807) is 42.2 Å². The summed E-state index contributed by atoms with van der Waals surface area (Å²) < 4.78 is 28.5. The van der Waals surface area contributed by atoms with E-state index in [4.69, 9.17) is 0 Å².